The van der Waals surface area contributed by atoms with Crippen LogP contribution in [0.15, 0.2) is 0 Å². The fourth-order valence-corrected chi connectivity index (χ4v) is 0. The van der Waals surface area contributed by atoms with Gasteiger partial charge >= 0.3 is 44.2 Å². The van der Waals surface area contributed by atoms with Crippen molar-refractivity contribution in [2.24, 2.45) is 0 Å². The second-order valence-corrected chi connectivity index (χ2v) is 0. The van der Waals surface area contributed by atoms with Gasteiger partial charge in [-0.3, -0.25) is 0 Å². The van der Waals surface area contributed by atoms with Crippen LogP contribution in [0.2, 0.25) is 0 Å². The monoisotopic (exact) mass is 243 g/mol. The first-order valence-corrected chi connectivity index (χ1v) is 0. The van der Waals surface area contributed by atoms with Crippen molar-refractivity contribution in [3.8, 4) is 0 Å². The van der Waals surface area contributed by atoms with E-state index in [0.717, 1.165) is 0 Å². The maximum absolute atomic E-state index is 0. The molecular weight excluding hydrogens is 232 g/mol. The van der Waals surface area contributed by atoms with Crippen LogP contribution < -0.4 is 6.15 Å². The van der Waals surface area contributed by atoms with Crippen LogP contribution in [0.1, 0.15) is 0 Å². The van der Waals surface area contributed by atoms with Gasteiger partial charge in [-0.1, -0.05) is 0 Å². The van der Waals surface area contributed by atoms with Crippen molar-refractivity contribution in [3.05, 3.63) is 0 Å². The first-order valence-electron chi connectivity index (χ1n) is 0. The van der Waals surface area contributed by atoms with Crippen molar-refractivity contribution < 1.29 is 0 Å². The van der Waals surface area contributed by atoms with Crippen LogP contribution in [0, 0.1) is 0 Å². The average Bonchev–Trinajstić information content (AvgIpc) is 0. The minimum absolute atomic E-state index is 0. The van der Waals surface area contributed by atoms with Gasteiger partial charge in [-0.25, -0.2) is 0 Å². The van der Waals surface area contributed by atoms with Crippen molar-refractivity contribution in [1.29, 1.82) is 0 Å². The standard InChI is InChI=1S/Al.Ga.H3N.Sb.9H/h;;1H3;;;;;;;;;;. The fraction of sp³-hybridized carbons (Fsp3) is 0. The summed E-state index contributed by atoms with van der Waals surface area (Å²) in [7, 11) is 0. The molecule has 0 fully saturated rings. The van der Waals surface area contributed by atoms with Gasteiger partial charge in [0.2, 0.25) is 0 Å². The number of hydrogen-bond donors (Lipinski definition) is 1. The summed E-state index contributed by atoms with van der Waals surface area (Å²) in [5, 5.41) is 0. The molecular formula is H12AlGaNSb. The second kappa shape index (κ2) is 20.3. The summed E-state index contributed by atoms with van der Waals surface area (Å²) in [6, 6.07) is 0. The van der Waals surface area contributed by atoms with Gasteiger partial charge in [0.05, 0.1) is 0 Å². The van der Waals surface area contributed by atoms with Gasteiger partial charge < -0.3 is 6.15 Å². The Kier molecular flexibility index (Phi) is 195. The third-order valence-corrected chi connectivity index (χ3v) is 0. The molecule has 0 unspecified atom stereocenters. The van der Waals surface area contributed by atoms with E-state index < -0.39 is 0 Å². The van der Waals surface area contributed by atoms with Crippen LogP contribution in [0.5, 0.6) is 0 Å². The Morgan fingerprint density at radius 3 is 1.00 bits per heavy atom. The van der Waals surface area contributed by atoms with Crippen molar-refractivity contribution in [3.63, 3.8) is 0 Å². The molecule has 0 aliphatic carbocycles. The van der Waals surface area contributed by atoms with E-state index in [2.05, 4.69) is 0 Å². The molecule has 0 amide bonds. The zero-order valence-corrected chi connectivity index (χ0v) is 5.45. The summed E-state index contributed by atoms with van der Waals surface area (Å²) in [5.41, 5.74) is 0. The van der Waals surface area contributed by atoms with Gasteiger partial charge in [0.15, 0.2) is 17.4 Å². The van der Waals surface area contributed by atoms with E-state index in [0.29, 0.717) is 0 Å². The molecule has 1 nitrogen and oxygen atoms in total. The summed E-state index contributed by atoms with van der Waals surface area (Å²) < 4.78 is 0. The van der Waals surface area contributed by atoms with Crippen molar-refractivity contribution in [1.82, 2.24) is 6.15 Å². The first-order chi connectivity index (χ1) is 0. The van der Waals surface area contributed by atoms with Crippen molar-refractivity contribution in [2.45, 2.75) is 0 Å². The Morgan fingerprint density at radius 1 is 1.00 bits per heavy atom. The molecule has 0 saturated heterocycles. The van der Waals surface area contributed by atoms with Crippen LogP contribution >= 0.6 is 0 Å². The van der Waals surface area contributed by atoms with Gasteiger partial charge in [-0.15, -0.1) is 0 Å². The molecule has 0 saturated carbocycles. The molecule has 28 valence electrons. The van der Waals surface area contributed by atoms with Crippen LogP contribution in [0.4, 0.5) is 0 Å². The molecule has 0 aliphatic rings. The Morgan fingerprint density at radius 2 is 1.00 bits per heavy atom. The summed E-state index contributed by atoms with van der Waals surface area (Å²) in [4.78, 5) is 0. The second-order valence-electron chi connectivity index (χ2n) is 0. The molecule has 0 radical (unpaired) electrons. The van der Waals surface area contributed by atoms with Crippen LogP contribution in [0.3, 0.4) is 0 Å². The number of rotatable bonds is 0. The van der Waals surface area contributed by atoms with Crippen molar-refractivity contribution >= 4 is 61.6 Å². The SMILES string of the molecule is N.[AlH3].[GaH3].[SbH3]. The van der Waals surface area contributed by atoms with E-state index in [1.54, 1.807) is 0 Å². The van der Waals surface area contributed by atoms with E-state index in [1.807, 2.05) is 0 Å². The minimum atomic E-state index is 0. The molecule has 0 aliphatic heterocycles. The molecule has 4 heavy (non-hydrogen) atoms. The van der Waals surface area contributed by atoms with E-state index in [1.165, 1.54) is 0 Å². The molecule has 0 atom stereocenters. The molecule has 3 N–H and O–H groups in total. The van der Waals surface area contributed by atoms with Crippen LogP contribution in [0.25, 0.3) is 0 Å². The number of hydrogen-bond acceptors (Lipinski definition) is 1. The van der Waals surface area contributed by atoms with Gasteiger partial charge in [0, 0.05) is 0 Å². The van der Waals surface area contributed by atoms with E-state index in [9.17, 15) is 0 Å². The third-order valence-electron chi connectivity index (χ3n) is 0. The van der Waals surface area contributed by atoms with Crippen LogP contribution in [-0.2, 0) is 0 Å². The Bertz CT molecular complexity index is 8.00. The fourth-order valence-electron chi connectivity index (χ4n) is 0. The summed E-state index contributed by atoms with van der Waals surface area (Å²) in [6.45, 7) is 0. The third kappa shape index (κ3) is 9.04. The summed E-state index contributed by atoms with van der Waals surface area (Å²) in [5.74, 6) is 0. The van der Waals surface area contributed by atoms with E-state index >= 15 is 0 Å². The molecule has 0 spiro atoms. The average molecular weight is 245 g/mol. The van der Waals surface area contributed by atoms with E-state index in [-0.39, 0.29) is 67.7 Å². The predicted octanol–water partition coefficient (Wildman–Crippen LogP) is -3.39. The quantitative estimate of drug-likeness (QED) is 0.443. The molecule has 0 aromatic rings. The Hall–Kier alpha value is 1.95. The summed E-state index contributed by atoms with van der Waals surface area (Å²) >= 11 is 0. The van der Waals surface area contributed by atoms with Gasteiger partial charge in [-0.2, -0.15) is 0 Å². The summed E-state index contributed by atoms with van der Waals surface area (Å²) in [6.07, 6.45) is 0. The molecule has 0 bridgehead atoms. The molecule has 4 heteroatoms. The van der Waals surface area contributed by atoms with Crippen LogP contribution in [-0.4, -0.2) is 61.6 Å². The van der Waals surface area contributed by atoms with Gasteiger partial charge in [-0.05, 0) is 0 Å². The molecule has 0 heterocycles. The maximum atomic E-state index is 0. The van der Waals surface area contributed by atoms with E-state index in [4.69, 9.17) is 0 Å². The molecule has 0 rings (SSSR count). The Balaban J connectivity index is 0. The first kappa shape index (κ1) is 38.4. The molecule has 0 aromatic heterocycles. The predicted molar refractivity (Wildman–Crippen MR) is 34.8 cm³/mol. The zero-order valence-electron chi connectivity index (χ0n) is 1.41. The van der Waals surface area contributed by atoms with Gasteiger partial charge in [0.1, 0.15) is 0 Å². The zero-order chi connectivity index (χ0) is 0. The van der Waals surface area contributed by atoms with Gasteiger partial charge in [0.25, 0.3) is 0 Å². The molecule has 0 aromatic carbocycles. The topological polar surface area (TPSA) is 35.0 Å². The normalized spacial score (nSPS) is 0. The Labute approximate surface area is 67.1 Å². The van der Waals surface area contributed by atoms with Crippen molar-refractivity contribution in [2.75, 3.05) is 0 Å².